The predicted octanol–water partition coefficient (Wildman–Crippen LogP) is 2.21. The normalized spacial score (nSPS) is 12.2. The second-order valence-corrected chi connectivity index (χ2v) is 4.47. The van der Waals surface area contributed by atoms with Crippen molar-refractivity contribution < 1.29 is 9.84 Å². The molecule has 0 aromatic heterocycles. The van der Waals surface area contributed by atoms with E-state index in [1.54, 1.807) is 0 Å². The predicted molar refractivity (Wildman–Crippen MR) is 75.1 cm³/mol. The van der Waals surface area contributed by atoms with E-state index in [4.69, 9.17) is 4.74 Å². The Morgan fingerprint density at radius 1 is 1.39 bits per heavy atom. The molecule has 1 aromatic rings. The number of ether oxygens (including phenoxy) is 1. The Balaban J connectivity index is 2.33. The summed E-state index contributed by atoms with van der Waals surface area (Å²) in [6.45, 7) is 9.36. The molecule has 3 nitrogen and oxygen atoms in total. The molecule has 0 spiro atoms. The fraction of sp³-hybridized carbons (Fsp3) is 0.467. The van der Waals surface area contributed by atoms with Crippen molar-refractivity contribution in [1.82, 2.24) is 5.32 Å². The summed E-state index contributed by atoms with van der Waals surface area (Å²) < 4.78 is 5.68. The van der Waals surface area contributed by atoms with E-state index in [-0.39, 0.29) is 0 Å². The Morgan fingerprint density at radius 3 is 2.67 bits per heavy atom. The number of rotatable bonds is 8. The van der Waals surface area contributed by atoms with Crippen LogP contribution in [0.3, 0.4) is 0 Å². The maximum Gasteiger partial charge on any atom is 0.125 e. The number of benzene rings is 1. The number of hydrogen-bond donors (Lipinski definition) is 2. The Morgan fingerprint density at radius 2 is 2.06 bits per heavy atom. The largest absolute Gasteiger partial charge is 0.490 e. The maximum absolute atomic E-state index is 9.78. The van der Waals surface area contributed by atoms with Crippen molar-refractivity contribution in [3.8, 4) is 5.75 Å². The van der Waals surface area contributed by atoms with Crippen LogP contribution in [0, 0.1) is 13.8 Å². The van der Waals surface area contributed by atoms with Crippen LogP contribution in [0.15, 0.2) is 30.9 Å². The molecule has 100 valence electrons. The third kappa shape index (κ3) is 4.90. The van der Waals surface area contributed by atoms with E-state index in [0.29, 0.717) is 13.2 Å². The Bertz CT molecular complexity index is 357. The molecule has 3 heteroatoms. The molecule has 0 aliphatic carbocycles. The van der Waals surface area contributed by atoms with Gasteiger partial charge in [0.25, 0.3) is 0 Å². The monoisotopic (exact) mass is 249 g/mol. The molecule has 1 atom stereocenters. The smallest absolute Gasteiger partial charge is 0.125 e. The lowest BCUT2D eigenvalue weighted by Gasteiger charge is -2.16. The molecular formula is C15H23NO2. The molecule has 2 N–H and O–H groups in total. The highest BCUT2D eigenvalue weighted by molar-refractivity contribution is 5.39. The number of aliphatic hydroxyl groups excluding tert-OH is 1. The van der Waals surface area contributed by atoms with E-state index in [2.05, 4.69) is 11.9 Å². The summed E-state index contributed by atoms with van der Waals surface area (Å²) in [6.07, 6.45) is 2.27. The molecule has 1 unspecified atom stereocenters. The second kappa shape index (κ2) is 7.90. The quantitative estimate of drug-likeness (QED) is 0.548. The minimum atomic E-state index is -0.492. The van der Waals surface area contributed by atoms with Crippen LogP contribution in [0.1, 0.15) is 17.5 Å². The van der Waals surface area contributed by atoms with Gasteiger partial charge in [-0.05, 0) is 37.9 Å². The van der Waals surface area contributed by atoms with Crippen LogP contribution >= 0.6 is 0 Å². The fourth-order valence-electron chi connectivity index (χ4n) is 1.74. The number of para-hydroxylation sites is 1. The summed E-state index contributed by atoms with van der Waals surface area (Å²) in [7, 11) is 0. The lowest BCUT2D eigenvalue weighted by molar-refractivity contribution is 0.106. The summed E-state index contributed by atoms with van der Waals surface area (Å²) in [6, 6.07) is 6.03. The molecule has 0 aliphatic heterocycles. The number of aryl methyl sites for hydroxylation is 2. The topological polar surface area (TPSA) is 41.5 Å². The van der Waals surface area contributed by atoms with Crippen LogP contribution in [-0.4, -0.2) is 30.9 Å². The average Bonchev–Trinajstić information content (AvgIpc) is 2.34. The SMILES string of the molecule is C=CCCNCC(O)COc1c(C)cccc1C. The molecular weight excluding hydrogens is 226 g/mol. The minimum absolute atomic E-state index is 0.312. The summed E-state index contributed by atoms with van der Waals surface area (Å²) in [5.41, 5.74) is 2.20. The van der Waals surface area contributed by atoms with Gasteiger partial charge >= 0.3 is 0 Å². The van der Waals surface area contributed by atoms with Crippen LogP contribution in [-0.2, 0) is 0 Å². The highest BCUT2D eigenvalue weighted by Gasteiger charge is 2.07. The van der Waals surface area contributed by atoms with E-state index >= 15 is 0 Å². The molecule has 18 heavy (non-hydrogen) atoms. The summed E-state index contributed by atoms with van der Waals surface area (Å²) >= 11 is 0. The fourth-order valence-corrected chi connectivity index (χ4v) is 1.74. The highest BCUT2D eigenvalue weighted by Crippen LogP contribution is 2.22. The Hall–Kier alpha value is -1.32. The lowest BCUT2D eigenvalue weighted by atomic mass is 10.1. The van der Waals surface area contributed by atoms with Crippen molar-refractivity contribution in [2.24, 2.45) is 0 Å². The molecule has 0 aliphatic rings. The van der Waals surface area contributed by atoms with Gasteiger partial charge in [-0.3, -0.25) is 0 Å². The molecule has 0 radical (unpaired) electrons. The summed E-state index contributed by atoms with van der Waals surface area (Å²) in [4.78, 5) is 0. The van der Waals surface area contributed by atoms with Crippen molar-refractivity contribution in [3.05, 3.63) is 42.0 Å². The van der Waals surface area contributed by atoms with Crippen LogP contribution in [0.4, 0.5) is 0 Å². The van der Waals surface area contributed by atoms with Gasteiger partial charge in [-0.15, -0.1) is 6.58 Å². The average molecular weight is 249 g/mol. The van der Waals surface area contributed by atoms with Crippen molar-refractivity contribution in [2.45, 2.75) is 26.4 Å². The van der Waals surface area contributed by atoms with Gasteiger partial charge in [0.05, 0.1) is 0 Å². The number of hydrogen-bond acceptors (Lipinski definition) is 3. The number of aliphatic hydroxyl groups is 1. The first-order valence-electron chi connectivity index (χ1n) is 6.34. The first kappa shape index (κ1) is 14.7. The Labute approximate surface area is 109 Å². The molecule has 0 saturated carbocycles. The van der Waals surface area contributed by atoms with Crippen molar-refractivity contribution in [3.63, 3.8) is 0 Å². The molecule has 0 heterocycles. The molecule has 1 rings (SSSR count). The van der Waals surface area contributed by atoms with E-state index < -0.39 is 6.10 Å². The third-order valence-corrected chi connectivity index (χ3v) is 2.73. The van der Waals surface area contributed by atoms with Gasteiger partial charge in [-0.25, -0.2) is 0 Å². The number of nitrogens with one attached hydrogen (secondary N) is 1. The third-order valence-electron chi connectivity index (χ3n) is 2.73. The lowest BCUT2D eigenvalue weighted by Crippen LogP contribution is -2.32. The van der Waals surface area contributed by atoms with Crippen LogP contribution in [0.2, 0.25) is 0 Å². The van der Waals surface area contributed by atoms with Crippen LogP contribution in [0.25, 0.3) is 0 Å². The van der Waals surface area contributed by atoms with Crippen molar-refractivity contribution >= 4 is 0 Å². The second-order valence-electron chi connectivity index (χ2n) is 4.47. The van der Waals surface area contributed by atoms with E-state index in [0.717, 1.165) is 29.8 Å². The summed E-state index contributed by atoms with van der Waals surface area (Å²) in [5.74, 6) is 0.877. The van der Waals surface area contributed by atoms with Crippen molar-refractivity contribution in [2.75, 3.05) is 19.7 Å². The van der Waals surface area contributed by atoms with E-state index in [1.165, 1.54) is 0 Å². The molecule has 0 saturated heterocycles. The molecule has 1 aromatic carbocycles. The van der Waals surface area contributed by atoms with Crippen molar-refractivity contribution in [1.29, 1.82) is 0 Å². The zero-order valence-electron chi connectivity index (χ0n) is 11.3. The first-order valence-corrected chi connectivity index (χ1v) is 6.34. The highest BCUT2D eigenvalue weighted by atomic mass is 16.5. The van der Waals surface area contributed by atoms with Gasteiger partial charge in [0.1, 0.15) is 18.5 Å². The van der Waals surface area contributed by atoms with Crippen LogP contribution in [0.5, 0.6) is 5.75 Å². The van der Waals surface area contributed by atoms with Gasteiger partial charge < -0.3 is 15.2 Å². The van der Waals surface area contributed by atoms with Crippen LogP contribution < -0.4 is 10.1 Å². The minimum Gasteiger partial charge on any atom is -0.490 e. The molecule has 0 fully saturated rings. The molecule has 0 bridgehead atoms. The summed E-state index contributed by atoms with van der Waals surface area (Å²) in [5, 5.41) is 12.9. The maximum atomic E-state index is 9.78. The van der Waals surface area contributed by atoms with Gasteiger partial charge in [0, 0.05) is 6.54 Å². The van der Waals surface area contributed by atoms with Gasteiger partial charge in [0.15, 0.2) is 0 Å². The molecule has 0 amide bonds. The van der Waals surface area contributed by atoms with Gasteiger partial charge in [-0.1, -0.05) is 24.3 Å². The van der Waals surface area contributed by atoms with Gasteiger partial charge in [0.2, 0.25) is 0 Å². The first-order chi connectivity index (χ1) is 8.65. The standard InChI is InChI=1S/C15H23NO2/c1-4-5-9-16-10-14(17)11-18-15-12(2)7-6-8-13(15)3/h4,6-8,14,16-17H,1,5,9-11H2,2-3H3. The van der Waals surface area contributed by atoms with Gasteiger partial charge in [-0.2, -0.15) is 0 Å². The zero-order valence-corrected chi connectivity index (χ0v) is 11.3. The van der Waals surface area contributed by atoms with E-state index in [9.17, 15) is 5.11 Å². The zero-order chi connectivity index (χ0) is 13.4. The van der Waals surface area contributed by atoms with E-state index in [1.807, 2.05) is 38.1 Å². The Kier molecular flexibility index (Phi) is 6.47.